The molecule has 0 spiro atoms. The molecule has 0 saturated heterocycles. The molecule has 0 atom stereocenters. The lowest BCUT2D eigenvalue weighted by atomic mass is 10.2. The van der Waals surface area contributed by atoms with Gasteiger partial charge in [0.25, 0.3) is 0 Å². The molecule has 5 heteroatoms. The summed E-state index contributed by atoms with van der Waals surface area (Å²) in [5.41, 5.74) is 2.37. The Balaban J connectivity index is 3.47. The Morgan fingerprint density at radius 3 is 1.69 bits per heavy atom. The Morgan fingerprint density at radius 1 is 1.00 bits per heavy atom. The Labute approximate surface area is 78.0 Å². The van der Waals surface area contributed by atoms with Gasteiger partial charge in [-0.05, 0) is 26.3 Å². The van der Waals surface area contributed by atoms with E-state index in [0.717, 1.165) is 11.8 Å². The van der Waals surface area contributed by atoms with Crippen molar-refractivity contribution in [1.82, 2.24) is 9.97 Å². The predicted octanol–water partition coefficient (Wildman–Crippen LogP) is 0.805. The van der Waals surface area contributed by atoms with E-state index < -0.39 is 9.84 Å². The summed E-state index contributed by atoms with van der Waals surface area (Å²) >= 11 is 0. The van der Waals surface area contributed by atoms with Gasteiger partial charge in [-0.2, -0.15) is 0 Å². The maximum atomic E-state index is 11.1. The second-order valence-electron chi connectivity index (χ2n) is 3.07. The van der Waals surface area contributed by atoms with Gasteiger partial charge in [-0.3, -0.25) is 0 Å². The topological polar surface area (TPSA) is 59.9 Å². The average molecular weight is 200 g/mol. The molecule has 0 radical (unpaired) electrons. The predicted molar refractivity (Wildman–Crippen MR) is 49.4 cm³/mol. The quantitative estimate of drug-likeness (QED) is 0.629. The van der Waals surface area contributed by atoms with Gasteiger partial charge < -0.3 is 0 Å². The van der Waals surface area contributed by atoms with Crippen molar-refractivity contribution in [2.45, 2.75) is 25.9 Å². The molecule has 0 fully saturated rings. The summed E-state index contributed by atoms with van der Waals surface area (Å²) in [6.45, 7) is 5.42. The highest BCUT2D eigenvalue weighted by atomic mass is 32.2. The third-order valence-corrected chi connectivity index (χ3v) is 2.79. The Morgan fingerprint density at radius 2 is 1.38 bits per heavy atom. The van der Waals surface area contributed by atoms with Gasteiger partial charge in [0, 0.05) is 17.6 Å². The maximum Gasteiger partial charge on any atom is 0.247 e. The highest BCUT2D eigenvalue weighted by Crippen LogP contribution is 2.10. The molecule has 0 aliphatic rings. The molecule has 0 aliphatic heterocycles. The molecule has 1 heterocycles. The molecular weight excluding hydrogens is 188 g/mol. The standard InChI is InChI=1S/C8H12N2O2S/c1-5-6(2)9-8(10-7(5)3)13(4,11)12/h1-4H3. The second-order valence-corrected chi connectivity index (χ2v) is 4.98. The number of hydrogen-bond donors (Lipinski definition) is 0. The zero-order valence-corrected chi connectivity index (χ0v) is 8.94. The zero-order chi connectivity index (χ0) is 10.2. The molecule has 0 amide bonds. The maximum absolute atomic E-state index is 11.1. The fourth-order valence-electron chi connectivity index (χ4n) is 0.907. The van der Waals surface area contributed by atoms with Gasteiger partial charge >= 0.3 is 0 Å². The van der Waals surface area contributed by atoms with Gasteiger partial charge in [0.2, 0.25) is 15.0 Å². The van der Waals surface area contributed by atoms with Crippen LogP contribution in [0.5, 0.6) is 0 Å². The van der Waals surface area contributed by atoms with Crippen LogP contribution in [0.3, 0.4) is 0 Å². The van der Waals surface area contributed by atoms with Gasteiger partial charge in [0.05, 0.1) is 0 Å². The fourth-order valence-corrected chi connectivity index (χ4v) is 1.51. The summed E-state index contributed by atoms with van der Waals surface area (Å²) in [5.74, 6) is 0. The Bertz CT molecular complexity index is 414. The van der Waals surface area contributed by atoms with Gasteiger partial charge in [-0.1, -0.05) is 0 Å². The van der Waals surface area contributed by atoms with Crippen LogP contribution >= 0.6 is 0 Å². The highest BCUT2D eigenvalue weighted by molar-refractivity contribution is 7.90. The first-order chi connectivity index (χ1) is 5.82. The fraction of sp³-hybridized carbons (Fsp3) is 0.500. The van der Waals surface area contributed by atoms with Crippen molar-refractivity contribution in [3.8, 4) is 0 Å². The molecular formula is C8H12N2O2S. The second kappa shape index (κ2) is 3.06. The van der Waals surface area contributed by atoms with Crippen LogP contribution in [0.1, 0.15) is 17.0 Å². The van der Waals surface area contributed by atoms with E-state index in [9.17, 15) is 8.42 Å². The smallest absolute Gasteiger partial charge is 0.223 e. The van der Waals surface area contributed by atoms with E-state index >= 15 is 0 Å². The minimum Gasteiger partial charge on any atom is -0.223 e. The Kier molecular flexibility index (Phi) is 2.38. The van der Waals surface area contributed by atoms with Gasteiger partial charge in [0.15, 0.2) is 0 Å². The summed E-state index contributed by atoms with van der Waals surface area (Å²) in [4.78, 5) is 7.81. The lowest BCUT2D eigenvalue weighted by Gasteiger charge is -2.04. The zero-order valence-electron chi connectivity index (χ0n) is 8.12. The third kappa shape index (κ3) is 2.03. The number of sulfone groups is 1. The van der Waals surface area contributed by atoms with Crippen LogP contribution in [-0.2, 0) is 9.84 Å². The summed E-state index contributed by atoms with van der Waals surface area (Å²) in [6, 6.07) is 0. The molecule has 0 bridgehead atoms. The first kappa shape index (κ1) is 10.1. The first-order valence-electron chi connectivity index (χ1n) is 3.84. The molecule has 1 aromatic rings. The molecule has 0 N–H and O–H groups in total. The van der Waals surface area contributed by atoms with E-state index in [0.29, 0.717) is 11.4 Å². The summed E-state index contributed by atoms with van der Waals surface area (Å²) < 4.78 is 22.2. The number of rotatable bonds is 1. The van der Waals surface area contributed by atoms with E-state index in [2.05, 4.69) is 9.97 Å². The number of hydrogen-bond acceptors (Lipinski definition) is 4. The van der Waals surface area contributed by atoms with Crippen LogP contribution in [-0.4, -0.2) is 24.6 Å². The first-order valence-corrected chi connectivity index (χ1v) is 5.73. The van der Waals surface area contributed by atoms with E-state index in [1.165, 1.54) is 0 Å². The van der Waals surface area contributed by atoms with Crippen LogP contribution in [0, 0.1) is 20.8 Å². The molecule has 4 nitrogen and oxygen atoms in total. The van der Waals surface area contributed by atoms with Crippen molar-refractivity contribution in [2.75, 3.05) is 6.26 Å². The SMILES string of the molecule is Cc1nc(S(C)(=O)=O)nc(C)c1C. The normalized spacial score (nSPS) is 11.7. The van der Waals surface area contributed by atoms with E-state index in [4.69, 9.17) is 0 Å². The molecule has 0 aromatic carbocycles. The lowest BCUT2D eigenvalue weighted by Crippen LogP contribution is -2.08. The monoisotopic (exact) mass is 200 g/mol. The Hall–Kier alpha value is -0.970. The molecule has 1 rings (SSSR count). The van der Waals surface area contributed by atoms with Crippen molar-refractivity contribution < 1.29 is 8.42 Å². The number of aryl methyl sites for hydroxylation is 2. The molecule has 0 aliphatic carbocycles. The van der Waals surface area contributed by atoms with Crippen LogP contribution in [0.4, 0.5) is 0 Å². The largest absolute Gasteiger partial charge is 0.247 e. The van der Waals surface area contributed by atoms with Crippen LogP contribution in [0.15, 0.2) is 5.16 Å². The molecule has 0 unspecified atom stereocenters. The van der Waals surface area contributed by atoms with Gasteiger partial charge in [-0.25, -0.2) is 18.4 Å². The third-order valence-electron chi connectivity index (χ3n) is 1.94. The van der Waals surface area contributed by atoms with E-state index in [-0.39, 0.29) is 5.16 Å². The summed E-state index contributed by atoms with van der Waals surface area (Å²) in [5, 5.41) is -0.0897. The van der Waals surface area contributed by atoms with Gasteiger partial charge in [-0.15, -0.1) is 0 Å². The molecule has 0 saturated carbocycles. The van der Waals surface area contributed by atoms with E-state index in [1.54, 1.807) is 13.8 Å². The summed E-state index contributed by atoms with van der Waals surface area (Å²) in [7, 11) is -3.29. The minimum absolute atomic E-state index is 0.0897. The van der Waals surface area contributed by atoms with Crippen LogP contribution in [0.25, 0.3) is 0 Å². The molecule has 1 aromatic heterocycles. The minimum atomic E-state index is -3.29. The van der Waals surface area contributed by atoms with Crippen molar-refractivity contribution in [3.63, 3.8) is 0 Å². The number of nitrogens with zero attached hydrogens (tertiary/aromatic N) is 2. The highest BCUT2D eigenvalue weighted by Gasteiger charge is 2.13. The lowest BCUT2D eigenvalue weighted by molar-refractivity contribution is 0.591. The molecule has 72 valence electrons. The van der Waals surface area contributed by atoms with Crippen LogP contribution in [0.2, 0.25) is 0 Å². The van der Waals surface area contributed by atoms with Crippen LogP contribution < -0.4 is 0 Å². The van der Waals surface area contributed by atoms with Crippen molar-refractivity contribution in [2.24, 2.45) is 0 Å². The summed E-state index contributed by atoms with van der Waals surface area (Å²) in [6.07, 6.45) is 1.11. The molecule has 13 heavy (non-hydrogen) atoms. The van der Waals surface area contributed by atoms with Crippen molar-refractivity contribution in [3.05, 3.63) is 17.0 Å². The van der Waals surface area contributed by atoms with E-state index in [1.807, 2.05) is 6.92 Å². The van der Waals surface area contributed by atoms with Crippen molar-refractivity contribution in [1.29, 1.82) is 0 Å². The van der Waals surface area contributed by atoms with Gasteiger partial charge in [0.1, 0.15) is 0 Å². The van der Waals surface area contributed by atoms with Crippen molar-refractivity contribution >= 4 is 9.84 Å². The number of aromatic nitrogens is 2. The average Bonchev–Trinajstić information content (AvgIpc) is 1.97.